The summed E-state index contributed by atoms with van der Waals surface area (Å²) in [6.07, 6.45) is 2.11. The molecule has 140 valence electrons. The third-order valence-electron chi connectivity index (χ3n) is 5.18. The number of urea groups is 2. The molecule has 0 radical (unpaired) electrons. The van der Waals surface area contributed by atoms with E-state index in [2.05, 4.69) is 21.3 Å². The molecule has 27 heavy (non-hydrogen) atoms. The van der Waals surface area contributed by atoms with Crippen molar-refractivity contribution in [3.8, 4) is 0 Å². The predicted molar refractivity (Wildman–Crippen MR) is 96.3 cm³/mol. The molecule has 1 aliphatic carbocycles. The number of rotatable bonds is 3. The van der Waals surface area contributed by atoms with E-state index in [9.17, 15) is 19.2 Å². The van der Waals surface area contributed by atoms with E-state index in [1.54, 1.807) is 24.3 Å². The van der Waals surface area contributed by atoms with Crippen molar-refractivity contribution in [1.82, 2.24) is 16.0 Å². The number of carbonyl (C=O) groups is 3. The number of fused-ring (bicyclic) bond motifs is 1. The van der Waals surface area contributed by atoms with Gasteiger partial charge >= 0.3 is 17.7 Å². The number of amides is 5. The van der Waals surface area contributed by atoms with Crippen molar-refractivity contribution in [3.05, 3.63) is 40.8 Å². The summed E-state index contributed by atoms with van der Waals surface area (Å²) in [5, 5.41) is 11.2. The Bertz CT molecular complexity index is 1000. The second kappa shape index (κ2) is 6.42. The average Bonchev–Trinajstić information content (AvgIpc) is 3.16. The lowest BCUT2D eigenvalue weighted by molar-refractivity contribution is -0.125. The molecule has 9 nitrogen and oxygen atoms in total. The minimum atomic E-state index is -0.926. The molecule has 1 aromatic carbocycles. The molecule has 1 saturated carbocycles. The molecule has 2 aliphatic rings. The van der Waals surface area contributed by atoms with Crippen molar-refractivity contribution in [2.75, 3.05) is 11.9 Å². The molecule has 4 rings (SSSR count). The molecule has 2 unspecified atom stereocenters. The van der Waals surface area contributed by atoms with Crippen LogP contribution in [-0.2, 0) is 4.79 Å². The number of carbonyl (C=O) groups excluding carboxylic acids is 3. The highest BCUT2D eigenvalue weighted by molar-refractivity contribution is 6.07. The van der Waals surface area contributed by atoms with Gasteiger partial charge in [0, 0.05) is 29.6 Å². The fraction of sp³-hybridized carbons (Fsp3) is 0.333. The Kier molecular flexibility index (Phi) is 4.06. The SMILES string of the molecule is O=C(NCC1CCCC12NC(=O)NC2=O)Nc1ccc2oc(=O)ccc2c1. The summed E-state index contributed by atoms with van der Waals surface area (Å²) in [5.74, 6) is -0.492. The summed E-state index contributed by atoms with van der Waals surface area (Å²) in [6, 6.07) is 6.96. The van der Waals surface area contributed by atoms with E-state index in [0.717, 1.165) is 12.8 Å². The zero-order valence-electron chi connectivity index (χ0n) is 14.3. The molecule has 2 atom stereocenters. The first-order valence-electron chi connectivity index (χ1n) is 8.69. The topological polar surface area (TPSA) is 130 Å². The second-order valence-electron chi connectivity index (χ2n) is 6.81. The van der Waals surface area contributed by atoms with Crippen LogP contribution in [0.4, 0.5) is 15.3 Å². The molecule has 4 N–H and O–H groups in total. The Balaban J connectivity index is 1.40. The fourth-order valence-electron chi connectivity index (χ4n) is 3.86. The highest BCUT2D eigenvalue weighted by Crippen LogP contribution is 2.37. The van der Waals surface area contributed by atoms with Gasteiger partial charge in [-0.2, -0.15) is 0 Å². The summed E-state index contributed by atoms with van der Waals surface area (Å²) in [6.45, 7) is 0.266. The molecule has 1 aromatic heterocycles. The number of hydrogen-bond acceptors (Lipinski definition) is 5. The molecule has 0 bridgehead atoms. The average molecular weight is 370 g/mol. The Hall–Kier alpha value is -3.36. The molecule has 1 saturated heterocycles. The lowest BCUT2D eigenvalue weighted by atomic mass is 9.87. The molecule has 1 spiro atoms. The van der Waals surface area contributed by atoms with Crippen molar-refractivity contribution in [3.63, 3.8) is 0 Å². The lowest BCUT2D eigenvalue weighted by Gasteiger charge is -2.28. The Morgan fingerprint density at radius 3 is 2.85 bits per heavy atom. The van der Waals surface area contributed by atoms with E-state index in [1.807, 2.05) is 0 Å². The fourth-order valence-corrected chi connectivity index (χ4v) is 3.86. The monoisotopic (exact) mass is 370 g/mol. The van der Waals surface area contributed by atoms with Crippen LogP contribution in [0.2, 0.25) is 0 Å². The maximum absolute atomic E-state index is 12.2. The van der Waals surface area contributed by atoms with E-state index in [1.165, 1.54) is 6.07 Å². The van der Waals surface area contributed by atoms with E-state index in [0.29, 0.717) is 23.1 Å². The highest BCUT2D eigenvalue weighted by Gasteiger charge is 2.54. The zero-order valence-corrected chi connectivity index (χ0v) is 14.3. The van der Waals surface area contributed by atoms with Crippen molar-refractivity contribution >= 4 is 34.6 Å². The van der Waals surface area contributed by atoms with Crippen LogP contribution in [0.15, 0.2) is 39.5 Å². The van der Waals surface area contributed by atoms with Gasteiger partial charge in [0.05, 0.1) is 0 Å². The first kappa shape index (κ1) is 17.1. The molecule has 9 heteroatoms. The number of imide groups is 1. The van der Waals surface area contributed by atoms with Gasteiger partial charge < -0.3 is 20.4 Å². The molecule has 1 aliphatic heterocycles. The predicted octanol–water partition coefficient (Wildman–Crippen LogP) is 1.29. The number of anilines is 1. The lowest BCUT2D eigenvalue weighted by Crippen LogP contribution is -2.53. The largest absolute Gasteiger partial charge is 0.423 e. The van der Waals surface area contributed by atoms with Gasteiger partial charge in [0.2, 0.25) is 0 Å². The number of benzene rings is 1. The zero-order chi connectivity index (χ0) is 19.0. The molecule has 5 amide bonds. The summed E-state index contributed by atoms with van der Waals surface area (Å²) in [4.78, 5) is 47.1. The van der Waals surface area contributed by atoms with Gasteiger partial charge in [0.15, 0.2) is 0 Å². The minimum Gasteiger partial charge on any atom is -0.423 e. The van der Waals surface area contributed by atoms with Gasteiger partial charge in [0.1, 0.15) is 11.1 Å². The van der Waals surface area contributed by atoms with E-state index >= 15 is 0 Å². The van der Waals surface area contributed by atoms with Crippen molar-refractivity contribution < 1.29 is 18.8 Å². The highest BCUT2D eigenvalue weighted by atomic mass is 16.4. The van der Waals surface area contributed by atoms with Gasteiger partial charge in [0.25, 0.3) is 5.91 Å². The van der Waals surface area contributed by atoms with Gasteiger partial charge in [-0.15, -0.1) is 0 Å². The van der Waals surface area contributed by atoms with Gasteiger partial charge in [-0.1, -0.05) is 6.42 Å². The summed E-state index contributed by atoms with van der Waals surface area (Å²) < 4.78 is 5.05. The quantitative estimate of drug-likeness (QED) is 0.478. The smallest absolute Gasteiger partial charge is 0.336 e. The normalized spacial score (nSPS) is 24.1. The Labute approximate surface area is 153 Å². The summed E-state index contributed by atoms with van der Waals surface area (Å²) >= 11 is 0. The minimum absolute atomic E-state index is 0.166. The van der Waals surface area contributed by atoms with Crippen LogP contribution in [0, 0.1) is 5.92 Å². The van der Waals surface area contributed by atoms with E-state index in [-0.39, 0.29) is 18.4 Å². The second-order valence-corrected chi connectivity index (χ2v) is 6.81. The Morgan fingerprint density at radius 1 is 1.22 bits per heavy atom. The molecular weight excluding hydrogens is 352 g/mol. The first-order valence-corrected chi connectivity index (χ1v) is 8.69. The Morgan fingerprint density at radius 2 is 2.07 bits per heavy atom. The summed E-state index contributed by atoms with van der Waals surface area (Å²) in [7, 11) is 0. The van der Waals surface area contributed by atoms with Gasteiger partial charge in [-0.3, -0.25) is 10.1 Å². The van der Waals surface area contributed by atoms with Crippen molar-refractivity contribution in [1.29, 1.82) is 0 Å². The standard InChI is InChI=1S/C18H18N4O5/c23-14-6-3-10-8-12(4-5-13(10)27-14)20-16(25)19-9-11-2-1-7-18(11)15(24)21-17(26)22-18/h3-6,8,11H,1-2,7,9H2,(H2,19,20,25)(H2,21,22,24,26). The maximum atomic E-state index is 12.2. The van der Waals surface area contributed by atoms with E-state index in [4.69, 9.17) is 4.42 Å². The third-order valence-corrected chi connectivity index (χ3v) is 5.18. The summed E-state index contributed by atoms with van der Waals surface area (Å²) in [5.41, 5.74) is -0.383. The van der Waals surface area contributed by atoms with Crippen LogP contribution < -0.4 is 26.9 Å². The van der Waals surface area contributed by atoms with Crippen LogP contribution in [0.25, 0.3) is 11.0 Å². The molecule has 2 fully saturated rings. The van der Waals surface area contributed by atoms with Crippen LogP contribution >= 0.6 is 0 Å². The molecular formula is C18H18N4O5. The van der Waals surface area contributed by atoms with Gasteiger partial charge in [-0.05, 0) is 37.1 Å². The first-order chi connectivity index (χ1) is 13.0. The molecule has 2 aromatic rings. The van der Waals surface area contributed by atoms with Crippen LogP contribution in [-0.4, -0.2) is 30.1 Å². The third kappa shape index (κ3) is 3.12. The maximum Gasteiger partial charge on any atom is 0.336 e. The van der Waals surface area contributed by atoms with E-state index < -0.39 is 23.2 Å². The van der Waals surface area contributed by atoms with Crippen LogP contribution in [0.3, 0.4) is 0 Å². The number of hydrogen-bond donors (Lipinski definition) is 4. The van der Waals surface area contributed by atoms with Crippen LogP contribution in [0.1, 0.15) is 19.3 Å². The van der Waals surface area contributed by atoms with Crippen LogP contribution in [0.5, 0.6) is 0 Å². The number of nitrogens with one attached hydrogen (secondary N) is 4. The van der Waals surface area contributed by atoms with Crippen molar-refractivity contribution in [2.24, 2.45) is 5.92 Å². The van der Waals surface area contributed by atoms with Crippen molar-refractivity contribution in [2.45, 2.75) is 24.8 Å². The molecule has 2 heterocycles. The van der Waals surface area contributed by atoms with Gasteiger partial charge in [-0.25, -0.2) is 14.4 Å².